The fraction of sp³-hybridized carbons (Fsp3) is 0.318. The molecular formula is C22H20F2N4O5. The maximum absolute atomic E-state index is 14.7. The van der Waals surface area contributed by atoms with Gasteiger partial charge in [0.2, 0.25) is 0 Å². The highest BCUT2D eigenvalue weighted by Crippen LogP contribution is 2.32. The lowest BCUT2D eigenvalue weighted by Crippen LogP contribution is -2.39. The number of aliphatic hydroxyl groups excluding tert-OH is 1. The van der Waals surface area contributed by atoms with Crippen LogP contribution in [0.1, 0.15) is 20.7 Å². The number of benzene rings is 2. The molecule has 2 aromatic carbocycles. The van der Waals surface area contributed by atoms with E-state index < -0.39 is 41.7 Å². The second kappa shape index (κ2) is 8.00. The smallest absolute Gasteiger partial charge is 0.407 e. The topological polar surface area (TPSA) is 111 Å². The number of hydrogen-bond donors (Lipinski definition) is 3. The van der Waals surface area contributed by atoms with Crippen molar-refractivity contribution in [3.63, 3.8) is 0 Å². The van der Waals surface area contributed by atoms with E-state index in [-0.39, 0.29) is 54.7 Å². The van der Waals surface area contributed by atoms with Gasteiger partial charge >= 0.3 is 6.09 Å². The first kappa shape index (κ1) is 21.1. The van der Waals surface area contributed by atoms with Gasteiger partial charge in [0.25, 0.3) is 11.8 Å². The third-order valence-electron chi connectivity index (χ3n) is 5.97. The van der Waals surface area contributed by atoms with Crippen LogP contribution in [0.15, 0.2) is 36.4 Å². The minimum atomic E-state index is -1.16. The number of anilines is 2. The van der Waals surface area contributed by atoms with Gasteiger partial charge in [0, 0.05) is 18.8 Å². The Morgan fingerprint density at radius 2 is 1.73 bits per heavy atom. The summed E-state index contributed by atoms with van der Waals surface area (Å²) in [6.45, 7) is -0.0108. The van der Waals surface area contributed by atoms with E-state index in [1.807, 2.05) is 0 Å². The number of imide groups is 1. The maximum atomic E-state index is 14.7. The van der Waals surface area contributed by atoms with Crippen LogP contribution in [0.4, 0.5) is 25.0 Å². The van der Waals surface area contributed by atoms with Gasteiger partial charge in [-0.1, -0.05) is 12.1 Å². The predicted octanol–water partition coefficient (Wildman–Crippen LogP) is 1.33. The summed E-state index contributed by atoms with van der Waals surface area (Å²) in [5, 5.41) is 15.6. The van der Waals surface area contributed by atoms with Crippen LogP contribution in [0.2, 0.25) is 0 Å². The van der Waals surface area contributed by atoms with Crippen LogP contribution in [0, 0.1) is 11.6 Å². The summed E-state index contributed by atoms with van der Waals surface area (Å²) in [5.74, 6) is -2.60. The molecular weight excluding hydrogens is 438 g/mol. The third-order valence-corrected chi connectivity index (χ3v) is 5.97. The molecule has 3 N–H and O–H groups in total. The van der Waals surface area contributed by atoms with Gasteiger partial charge in [-0.2, -0.15) is 0 Å². The van der Waals surface area contributed by atoms with Gasteiger partial charge in [0.1, 0.15) is 11.8 Å². The number of fused-ring (bicyclic) bond motifs is 2. The number of aliphatic hydroxyl groups is 1. The Kier molecular flexibility index (Phi) is 5.12. The summed E-state index contributed by atoms with van der Waals surface area (Å²) in [7, 11) is 0. The van der Waals surface area contributed by atoms with Crippen LogP contribution < -0.4 is 15.5 Å². The summed E-state index contributed by atoms with van der Waals surface area (Å²) >= 11 is 0. The first-order chi connectivity index (χ1) is 15.8. The zero-order valence-corrected chi connectivity index (χ0v) is 17.3. The molecule has 33 heavy (non-hydrogen) atoms. The molecule has 0 aliphatic carbocycles. The van der Waals surface area contributed by atoms with Crippen molar-refractivity contribution in [1.82, 2.24) is 10.2 Å². The number of nitrogens with zero attached hydrogens (tertiary/aromatic N) is 2. The van der Waals surface area contributed by atoms with Crippen LogP contribution in [-0.2, 0) is 4.74 Å². The van der Waals surface area contributed by atoms with Gasteiger partial charge in [0.15, 0.2) is 11.6 Å². The van der Waals surface area contributed by atoms with E-state index in [1.165, 1.54) is 4.90 Å². The van der Waals surface area contributed by atoms with Crippen molar-refractivity contribution < 1.29 is 33.0 Å². The molecule has 3 aliphatic rings. The lowest BCUT2D eigenvalue weighted by molar-refractivity contribution is 0.0557. The van der Waals surface area contributed by atoms with Crippen LogP contribution in [0.25, 0.3) is 0 Å². The number of rotatable bonds is 6. The Balaban J connectivity index is 1.21. The highest BCUT2D eigenvalue weighted by molar-refractivity contribution is 6.21. The highest BCUT2D eigenvalue weighted by atomic mass is 19.1. The largest absolute Gasteiger partial charge is 0.442 e. The number of halogens is 2. The van der Waals surface area contributed by atoms with E-state index in [0.717, 1.165) is 17.0 Å². The molecule has 9 nitrogen and oxygen atoms in total. The zero-order valence-electron chi connectivity index (χ0n) is 17.3. The van der Waals surface area contributed by atoms with Gasteiger partial charge in [-0.25, -0.2) is 13.6 Å². The van der Waals surface area contributed by atoms with E-state index >= 15 is 0 Å². The van der Waals surface area contributed by atoms with E-state index in [0.29, 0.717) is 0 Å². The molecule has 0 spiro atoms. The van der Waals surface area contributed by atoms with Crippen molar-refractivity contribution in [2.45, 2.75) is 18.2 Å². The third kappa shape index (κ3) is 3.74. The molecule has 172 valence electrons. The number of carbonyl (C=O) groups excluding carboxylic acids is 3. The fourth-order valence-corrected chi connectivity index (χ4v) is 4.42. The quantitative estimate of drug-likeness (QED) is 0.560. The van der Waals surface area contributed by atoms with Crippen molar-refractivity contribution in [3.05, 3.63) is 59.2 Å². The van der Waals surface area contributed by atoms with Crippen molar-refractivity contribution in [2.24, 2.45) is 0 Å². The Bertz CT molecular complexity index is 1090. The minimum absolute atomic E-state index is 0.0964. The van der Waals surface area contributed by atoms with Crippen molar-refractivity contribution in [3.8, 4) is 0 Å². The second-order valence-corrected chi connectivity index (χ2v) is 8.19. The van der Waals surface area contributed by atoms with Gasteiger partial charge in [0.05, 0.1) is 36.4 Å². The molecule has 0 aromatic heterocycles. The average Bonchev–Trinajstić information content (AvgIpc) is 3.38. The van der Waals surface area contributed by atoms with E-state index in [9.17, 15) is 28.3 Å². The van der Waals surface area contributed by atoms with Crippen LogP contribution in [-0.4, -0.2) is 72.3 Å². The van der Waals surface area contributed by atoms with Gasteiger partial charge in [-0.3, -0.25) is 14.5 Å². The Hall–Kier alpha value is -3.73. The average molecular weight is 458 g/mol. The van der Waals surface area contributed by atoms with Gasteiger partial charge < -0.3 is 25.4 Å². The molecule has 0 radical (unpaired) electrons. The molecule has 2 saturated heterocycles. The summed E-state index contributed by atoms with van der Waals surface area (Å²) in [6.07, 6.45) is -2.16. The van der Waals surface area contributed by atoms with E-state index in [4.69, 9.17) is 4.74 Å². The molecule has 3 atom stereocenters. The number of nitrogens with one attached hydrogen (secondary N) is 2. The van der Waals surface area contributed by atoms with Crippen molar-refractivity contribution in [1.29, 1.82) is 0 Å². The minimum Gasteiger partial charge on any atom is -0.442 e. The lowest BCUT2D eigenvalue weighted by atomic mass is 10.1. The number of hydrogen-bond acceptors (Lipinski definition) is 7. The Labute approximate surface area is 186 Å². The Morgan fingerprint density at radius 3 is 2.33 bits per heavy atom. The molecule has 0 bridgehead atoms. The summed E-state index contributed by atoms with van der Waals surface area (Å²) < 4.78 is 34.5. The highest BCUT2D eigenvalue weighted by Gasteiger charge is 2.43. The number of amides is 3. The Morgan fingerprint density at radius 1 is 1.09 bits per heavy atom. The number of carbonyl (C=O) groups is 3. The van der Waals surface area contributed by atoms with Gasteiger partial charge in [-0.15, -0.1) is 0 Å². The summed E-state index contributed by atoms with van der Waals surface area (Å²) in [5.41, 5.74) is 0.426. The molecule has 3 amide bonds. The molecule has 3 heterocycles. The molecule has 11 heteroatoms. The molecule has 3 aliphatic heterocycles. The van der Waals surface area contributed by atoms with Crippen molar-refractivity contribution in [2.75, 3.05) is 36.4 Å². The summed E-state index contributed by atoms with van der Waals surface area (Å²) in [6, 6.07) is 8.25. The number of alkyl carbamates (subject to hydrolysis) is 1. The summed E-state index contributed by atoms with van der Waals surface area (Å²) in [4.78, 5) is 38.5. The number of ether oxygens (including phenoxy) is 1. The lowest BCUT2D eigenvalue weighted by Gasteiger charge is -2.22. The van der Waals surface area contributed by atoms with E-state index in [1.54, 1.807) is 24.3 Å². The van der Waals surface area contributed by atoms with Crippen LogP contribution in [0.5, 0.6) is 0 Å². The molecule has 2 aromatic rings. The molecule has 2 fully saturated rings. The molecule has 5 rings (SSSR count). The van der Waals surface area contributed by atoms with Crippen molar-refractivity contribution >= 4 is 29.3 Å². The maximum Gasteiger partial charge on any atom is 0.407 e. The fourth-order valence-electron chi connectivity index (χ4n) is 4.42. The first-order valence-electron chi connectivity index (χ1n) is 10.4. The standard InChI is InChI=1S/C22H20F2N4O5/c23-15-5-11(6-16(24)19(15)27-9-17-18(10-27)33-22(32)26-17)25-7-12(29)8-28-20(30)13-3-1-2-4-14(13)21(28)31/h1-6,12,17-18,25,29H,7-10H2,(H,26,32)/t12?,17-,18-/m1/s1. The normalized spacial score (nSPS) is 22.2. The SMILES string of the molecule is O=C1N[C@@H]2CN(c3c(F)cc(NCC(O)CN4C(=O)c5ccccc5C4=O)cc3F)C[C@H]2O1. The number of β-amino-alcohol motifs (C(OH)–C–C–N with tert-alkyl or cyclic N) is 1. The zero-order chi connectivity index (χ0) is 23.3. The molecule has 1 unspecified atom stereocenters. The first-order valence-corrected chi connectivity index (χ1v) is 10.4. The predicted molar refractivity (Wildman–Crippen MR) is 112 cm³/mol. The van der Waals surface area contributed by atoms with E-state index in [2.05, 4.69) is 10.6 Å². The van der Waals surface area contributed by atoms with Gasteiger partial charge in [-0.05, 0) is 24.3 Å². The van der Waals surface area contributed by atoms with Crippen LogP contribution >= 0.6 is 0 Å². The molecule has 0 saturated carbocycles. The monoisotopic (exact) mass is 458 g/mol. The van der Waals surface area contributed by atoms with Crippen LogP contribution in [0.3, 0.4) is 0 Å². The second-order valence-electron chi connectivity index (χ2n) is 8.19.